The Hall–Kier alpha value is -0.920. The van der Waals surface area contributed by atoms with Gasteiger partial charge in [-0.15, -0.1) is 0 Å². The minimum Gasteiger partial charge on any atom is -0.272 e. The van der Waals surface area contributed by atoms with Gasteiger partial charge in [0.1, 0.15) is 0 Å². The van der Waals surface area contributed by atoms with Gasteiger partial charge in [0.15, 0.2) is 0 Å². The highest BCUT2D eigenvalue weighted by Gasteiger charge is 2.19. The standard InChI is InChI=1S/C9H13NO/c1-6-4-5-7(2)10-9(11)8(6)3/h4-6,8H,1-3H3. The van der Waals surface area contributed by atoms with Gasteiger partial charge in [-0.25, -0.2) is 4.99 Å². The normalized spacial score (nSPS) is 31.5. The van der Waals surface area contributed by atoms with Gasteiger partial charge in [-0.3, -0.25) is 4.79 Å². The lowest BCUT2D eigenvalue weighted by Gasteiger charge is -2.09. The molecule has 2 unspecified atom stereocenters. The van der Waals surface area contributed by atoms with Crippen molar-refractivity contribution in [2.75, 3.05) is 0 Å². The van der Waals surface area contributed by atoms with Gasteiger partial charge in [0, 0.05) is 11.6 Å². The zero-order valence-corrected chi connectivity index (χ0v) is 7.16. The number of rotatable bonds is 0. The van der Waals surface area contributed by atoms with E-state index in [1.165, 1.54) is 0 Å². The molecule has 0 aromatic heterocycles. The van der Waals surface area contributed by atoms with Crippen molar-refractivity contribution < 1.29 is 4.79 Å². The average molecular weight is 151 g/mol. The predicted octanol–water partition coefficient (Wildman–Crippen LogP) is 1.82. The molecule has 1 aliphatic rings. The summed E-state index contributed by atoms with van der Waals surface area (Å²) in [5.74, 6) is 0.340. The van der Waals surface area contributed by atoms with Crippen LogP contribution < -0.4 is 0 Å². The molecule has 11 heavy (non-hydrogen) atoms. The lowest BCUT2D eigenvalue weighted by atomic mass is 9.96. The van der Waals surface area contributed by atoms with Crippen molar-refractivity contribution in [3.63, 3.8) is 0 Å². The Labute approximate surface area is 67.0 Å². The maximum absolute atomic E-state index is 11.2. The fraction of sp³-hybridized carbons (Fsp3) is 0.556. The Kier molecular flexibility index (Phi) is 2.22. The first-order chi connectivity index (χ1) is 5.11. The lowest BCUT2D eigenvalue weighted by molar-refractivity contribution is -0.121. The third kappa shape index (κ3) is 1.76. The van der Waals surface area contributed by atoms with E-state index in [2.05, 4.69) is 4.99 Å². The highest BCUT2D eigenvalue weighted by Crippen LogP contribution is 2.16. The van der Waals surface area contributed by atoms with Crippen LogP contribution in [0.1, 0.15) is 20.8 Å². The number of hydrogen-bond acceptors (Lipinski definition) is 1. The van der Waals surface area contributed by atoms with Crippen LogP contribution in [-0.4, -0.2) is 11.6 Å². The number of hydrogen-bond donors (Lipinski definition) is 0. The molecule has 1 heterocycles. The molecule has 0 aromatic carbocycles. The van der Waals surface area contributed by atoms with Crippen molar-refractivity contribution in [2.45, 2.75) is 20.8 Å². The van der Waals surface area contributed by atoms with Crippen LogP contribution in [0.5, 0.6) is 0 Å². The first-order valence-electron chi connectivity index (χ1n) is 3.88. The van der Waals surface area contributed by atoms with Gasteiger partial charge in [-0.05, 0) is 18.9 Å². The second kappa shape index (κ2) is 2.99. The first kappa shape index (κ1) is 8.18. The maximum Gasteiger partial charge on any atom is 0.249 e. The summed E-state index contributed by atoms with van der Waals surface area (Å²) in [6, 6.07) is 0. The highest BCUT2D eigenvalue weighted by atomic mass is 16.1. The number of nitrogens with zero attached hydrogens (tertiary/aromatic N) is 1. The van der Waals surface area contributed by atoms with E-state index in [1.807, 2.05) is 32.9 Å². The van der Waals surface area contributed by atoms with Crippen LogP contribution in [0.2, 0.25) is 0 Å². The predicted molar refractivity (Wildman–Crippen MR) is 45.6 cm³/mol. The molecule has 0 fully saturated rings. The van der Waals surface area contributed by atoms with E-state index in [0.29, 0.717) is 5.92 Å². The number of carbonyl (C=O) groups is 1. The fourth-order valence-corrected chi connectivity index (χ4v) is 0.995. The minimum absolute atomic E-state index is 0.000000000000000444. The Morgan fingerprint density at radius 1 is 1.45 bits per heavy atom. The summed E-state index contributed by atoms with van der Waals surface area (Å²) < 4.78 is 0. The molecular formula is C9H13NO. The number of amides is 1. The van der Waals surface area contributed by atoms with Crippen LogP contribution >= 0.6 is 0 Å². The number of allylic oxidation sites excluding steroid dienone is 2. The summed E-state index contributed by atoms with van der Waals surface area (Å²) in [5, 5.41) is 0. The third-order valence-electron chi connectivity index (χ3n) is 2.11. The van der Waals surface area contributed by atoms with Gasteiger partial charge in [0.05, 0.1) is 0 Å². The maximum atomic E-state index is 11.2. The molecule has 0 aromatic rings. The van der Waals surface area contributed by atoms with E-state index in [9.17, 15) is 4.79 Å². The van der Waals surface area contributed by atoms with E-state index in [4.69, 9.17) is 0 Å². The van der Waals surface area contributed by atoms with Crippen molar-refractivity contribution in [1.82, 2.24) is 0 Å². The van der Waals surface area contributed by atoms with Gasteiger partial charge in [-0.2, -0.15) is 0 Å². The molecule has 0 aliphatic carbocycles. The molecule has 1 aliphatic heterocycles. The SMILES string of the molecule is CC1=NC(=O)C(C)C(C)C=C1. The van der Waals surface area contributed by atoms with E-state index in [1.54, 1.807) is 0 Å². The summed E-state index contributed by atoms with van der Waals surface area (Å²) in [7, 11) is 0. The monoisotopic (exact) mass is 151 g/mol. The topological polar surface area (TPSA) is 29.4 Å². The van der Waals surface area contributed by atoms with E-state index in [0.717, 1.165) is 5.71 Å². The molecule has 1 amide bonds. The molecule has 0 bridgehead atoms. The average Bonchev–Trinajstić information content (AvgIpc) is 2.05. The Bertz CT molecular complexity index is 228. The van der Waals surface area contributed by atoms with Gasteiger partial charge >= 0.3 is 0 Å². The van der Waals surface area contributed by atoms with Crippen molar-refractivity contribution in [3.8, 4) is 0 Å². The van der Waals surface area contributed by atoms with Crippen LogP contribution in [0, 0.1) is 11.8 Å². The molecule has 60 valence electrons. The smallest absolute Gasteiger partial charge is 0.249 e. The van der Waals surface area contributed by atoms with Gasteiger partial charge in [0.2, 0.25) is 5.91 Å². The van der Waals surface area contributed by atoms with E-state index in [-0.39, 0.29) is 11.8 Å². The van der Waals surface area contributed by atoms with Crippen LogP contribution in [0.4, 0.5) is 0 Å². The molecule has 2 nitrogen and oxygen atoms in total. The summed E-state index contributed by atoms with van der Waals surface area (Å²) in [4.78, 5) is 15.1. The number of carbonyl (C=O) groups excluding carboxylic acids is 1. The van der Waals surface area contributed by atoms with E-state index >= 15 is 0 Å². The quantitative estimate of drug-likeness (QED) is 0.519. The Morgan fingerprint density at radius 3 is 2.73 bits per heavy atom. The van der Waals surface area contributed by atoms with Crippen molar-refractivity contribution in [3.05, 3.63) is 12.2 Å². The van der Waals surface area contributed by atoms with Crippen molar-refractivity contribution in [2.24, 2.45) is 16.8 Å². The summed E-state index contributed by atoms with van der Waals surface area (Å²) in [6.45, 7) is 5.80. The lowest BCUT2D eigenvalue weighted by Crippen LogP contribution is -2.14. The molecule has 1 rings (SSSR count). The van der Waals surface area contributed by atoms with E-state index < -0.39 is 0 Å². The minimum atomic E-state index is 0.000000000000000444. The van der Waals surface area contributed by atoms with Crippen LogP contribution in [0.15, 0.2) is 17.1 Å². The molecular weight excluding hydrogens is 138 g/mol. The molecule has 2 atom stereocenters. The zero-order valence-electron chi connectivity index (χ0n) is 7.16. The summed E-state index contributed by atoms with van der Waals surface area (Å²) >= 11 is 0. The second-order valence-corrected chi connectivity index (χ2v) is 3.10. The summed E-state index contributed by atoms with van der Waals surface area (Å²) in [6.07, 6.45) is 3.94. The van der Waals surface area contributed by atoms with Gasteiger partial charge in [-0.1, -0.05) is 19.9 Å². The largest absolute Gasteiger partial charge is 0.272 e. The number of aliphatic imine (C=N–C) groups is 1. The van der Waals surface area contributed by atoms with Crippen LogP contribution in [0.25, 0.3) is 0 Å². The molecule has 0 spiro atoms. The second-order valence-electron chi connectivity index (χ2n) is 3.10. The van der Waals surface area contributed by atoms with Crippen molar-refractivity contribution >= 4 is 11.6 Å². The third-order valence-corrected chi connectivity index (χ3v) is 2.11. The molecule has 0 saturated carbocycles. The van der Waals surface area contributed by atoms with Crippen molar-refractivity contribution in [1.29, 1.82) is 0 Å². The Morgan fingerprint density at radius 2 is 2.09 bits per heavy atom. The molecule has 0 N–H and O–H groups in total. The van der Waals surface area contributed by atoms with Crippen LogP contribution in [0.3, 0.4) is 0 Å². The van der Waals surface area contributed by atoms with Gasteiger partial charge in [0.25, 0.3) is 0 Å². The zero-order chi connectivity index (χ0) is 8.43. The summed E-state index contributed by atoms with van der Waals surface area (Å²) in [5.41, 5.74) is 0.811. The highest BCUT2D eigenvalue weighted by molar-refractivity contribution is 6.02. The first-order valence-corrected chi connectivity index (χ1v) is 3.88. The molecule has 0 radical (unpaired) electrons. The Balaban J connectivity index is 2.90. The fourth-order valence-electron chi connectivity index (χ4n) is 0.995. The van der Waals surface area contributed by atoms with Gasteiger partial charge < -0.3 is 0 Å². The van der Waals surface area contributed by atoms with Crippen LogP contribution in [-0.2, 0) is 4.79 Å². The molecule has 2 heteroatoms. The molecule has 0 saturated heterocycles.